The van der Waals surface area contributed by atoms with Crippen molar-refractivity contribution >= 4 is 23.2 Å². The highest BCUT2D eigenvalue weighted by molar-refractivity contribution is 6.33. The lowest BCUT2D eigenvalue weighted by Crippen LogP contribution is -2.39. The molecule has 1 amide bonds. The SMILES string of the molecule is CC(C)[C@H](N)C(=O)Nc1cc(-n2cnnn2)ccc1Cl. The van der Waals surface area contributed by atoms with E-state index in [1.807, 2.05) is 13.8 Å². The van der Waals surface area contributed by atoms with Crippen LogP contribution in [0.5, 0.6) is 0 Å². The van der Waals surface area contributed by atoms with Crippen LogP contribution in [0, 0.1) is 5.92 Å². The minimum Gasteiger partial charge on any atom is -0.323 e. The van der Waals surface area contributed by atoms with Gasteiger partial charge < -0.3 is 11.1 Å². The molecule has 1 atom stereocenters. The van der Waals surface area contributed by atoms with Gasteiger partial charge in [-0.2, -0.15) is 0 Å². The van der Waals surface area contributed by atoms with Crippen LogP contribution in [0.25, 0.3) is 5.69 Å². The molecule has 2 aromatic rings. The lowest BCUT2D eigenvalue weighted by molar-refractivity contribution is -0.118. The molecule has 0 fully saturated rings. The van der Waals surface area contributed by atoms with Gasteiger partial charge in [0.15, 0.2) is 0 Å². The quantitative estimate of drug-likeness (QED) is 0.884. The second-order valence-electron chi connectivity index (χ2n) is 4.68. The Labute approximate surface area is 121 Å². The van der Waals surface area contributed by atoms with Crippen LogP contribution in [-0.2, 0) is 4.79 Å². The molecule has 0 spiro atoms. The largest absolute Gasteiger partial charge is 0.323 e. The number of tetrazole rings is 1. The summed E-state index contributed by atoms with van der Waals surface area (Å²) in [6.45, 7) is 3.76. The van der Waals surface area contributed by atoms with Crippen molar-refractivity contribution in [2.24, 2.45) is 11.7 Å². The van der Waals surface area contributed by atoms with Crippen molar-refractivity contribution in [2.45, 2.75) is 19.9 Å². The number of carbonyl (C=O) groups is 1. The van der Waals surface area contributed by atoms with Crippen molar-refractivity contribution in [3.05, 3.63) is 29.5 Å². The Hall–Kier alpha value is -1.99. The van der Waals surface area contributed by atoms with Crippen LogP contribution in [0.3, 0.4) is 0 Å². The van der Waals surface area contributed by atoms with Gasteiger partial charge in [0, 0.05) is 0 Å². The third-order valence-corrected chi connectivity index (χ3v) is 3.17. The summed E-state index contributed by atoms with van der Waals surface area (Å²) in [4.78, 5) is 12.0. The van der Waals surface area contributed by atoms with Crippen molar-refractivity contribution in [1.82, 2.24) is 20.2 Å². The molecule has 0 bridgehead atoms. The van der Waals surface area contributed by atoms with Gasteiger partial charge in [-0.25, -0.2) is 4.68 Å². The van der Waals surface area contributed by atoms with Gasteiger partial charge in [-0.15, -0.1) is 5.10 Å². The number of aromatic nitrogens is 4. The fraction of sp³-hybridized carbons (Fsp3) is 0.333. The molecule has 0 aliphatic carbocycles. The third-order valence-electron chi connectivity index (χ3n) is 2.84. The first-order valence-electron chi connectivity index (χ1n) is 6.08. The lowest BCUT2D eigenvalue weighted by Gasteiger charge is -2.16. The minimum absolute atomic E-state index is 0.0384. The van der Waals surface area contributed by atoms with Crippen LogP contribution in [0.4, 0.5) is 5.69 Å². The molecule has 2 rings (SSSR count). The van der Waals surface area contributed by atoms with Gasteiger partial charge in [-0.1, -0.05) is 25.4 Å². The van der Waals surface area contributed by atoms with E-state index in [0.29, 0.717) is 16.4 Å². The first-order chi connectivity index (χ1) is 9.49. The van der Waals surface area contributed by atoms with E-state index < -0.39 is 6.04 Å². The molecule has 3 N–H and O–H groups in total. The van der Waals surface area contributed by atoms with Crippen LogP contribution in [-0.4, -0.2) is 32.2 Å². The Morgan fingerprint density at radius 2 is 2.20 bits per heavy atom. The maximum absolute atomic E-state index is 12.0. The molecule has 20 heavy (non-hydrogen) atoms. The highest BCUT2D eigenvalue weighted by atomic mass is 35.5. The summed E-state index contributed by atoms with van der Waals surface area (Å²) in [6, 6.07) is 4.50. The Morgan fingerprint density at radius 3 is 2.80 bits per heavy atom. The van der Waals surface area contributed by atoms with E-state index in [4.69, 9.17) is 17.3 Å². The number of anilines is 1. The van der Waals surface area contributed by atoms with Crippen LogP contribution < -0.4 is 11.1 Å². The van der Waals surface area contributed by atoms with E-state index in [9.17, 15) is 4.79 Å². The molecule has 0 aliphatic heterocycles. The zero-order valence-corrected chi connectivity index (χ0v) is 11.9. The van der Waals surface area contributed by atoms with Crippen molar-refractivity contribution in [3.8, 4) is 5.69 Å². The number of hydrogen-bond acceptors (Lipinski definition) is 5. The number of benzene rings is 1. The molecular formula is C12H15ClN6O. The number of nitrogens with one attached hydrogen (secondary N) is 1. The van der Waals surface area contributed by atoms with Crippen molar-refractivity contribution in [3.63, 3.8) is 0 Å². The molecule has 1 aromatic heterocycles. The molecule has 0 aliphatic rings. The van der Waals surface area contributed by atoms with E-state index in [1.54, 1.807) is 18.2 Å². The number of nitrogens with two attached hydrogens (primary N) is 1. The van der Waals surface area contributed by atoms with E-state index in [-0.39, 0.29) is 11.8 Å². The fourth-order valence-corrected chi connectivity index (χ4v) is 1.71. The maximum Gasteiger partial charge on any atom is 0.241 e. The monoisotopic (exact) mass is 294 g/mol. The first-order valence-corrected chi connectivity index (χ1v) is 6.46. The Balaban J connectivity index is 2.24. The van der Waals surface area contributed by atoms with Crippen LogP contribution in [0.1, 0.15) is 13.8 Å². The van der Waals surface area contributed by atoms with Crippen molar-refractivity contribution in [1.29, 1.82) is 0 Å². The van der Waals surface area contributed by atoms with Crippen LogP contribution in [0.15, 0.2) is 24.5 Å². The zero-order valence-electron chi connectivity index (χ0n) is 11.1. The maximum atomic E-state index is 12.0. The number of hydrogen-bond donors (Lipinski definition) is 2. The van der Waals surface area contributed by atoms with E-state index >= 15 is 0 Å². The van der Waals surface area contributed by atoms with Crippen LogP contribution in [0.2, 0.25) is 5.02 Å². The topological polar surface area (TPSA) is 98.7 Å². The molecule has 8 heteroatoms. The predicted octanol–water partition coefficient (Wildman–Crippen LogP) is 1.24. The van der Waals surface area contributed by atoms with Crippen molar-refractivity contribution < 1.29 is 4.79 Å². The zero-order chi connectivity index (χ0) is 14.7. The van der Waals surface area contributed by atoms with Gasteiger partial charge in [0.25, 0.3) is 0 Å². The Kier molecular flexibility index (Phi) is 4.31. The van der Waals surface area contributed by atoms with Gasteiger partial charge in [0.2, 0.25) is 5.91 Å². The summed E-state index contributed by atoms with van der Waals surface area (Å²) in [5, 5.41) is 14.0. The van der Waals surface area contributed by atoms with Crippen molar-refractivity contribution in [2.75, 3.05) is 5.32 Å². The molecule has 106 valence electrons. The fourth-order valence-electron chi connectivity index (χ4n) is 1.55. The number of amides is 1. The molecule has 0 saturated heterocycles. The number of nitrogens with zero attached hydrogens (tertiary/aromatic N) is 4. The first kappa shape index (κ1) is 14.4. The molecular weight excluding hydrogens is 280 g/mol. The van der Waals surface area contributed by atoms with Gasteiger partial charge in [0.1, 0.15) is 6.33 Å². The van der Waals surface area contributed by atoms with E-state index in [2.05, 4.69) is 20.8 Å². The lowest BCUT2D eigenvalue weighted by atomic mass is 10.0. The molecule has 0 unspecified atom stereocenters. The van der Waals surface area contributed by atoms with Gasteiger partial charge >= 0.3 is 0 Å². The summed E-state index contributed by atoms with van der Waals surface area (Å²) in [5.41, 5.74) is 6.96. The summed E-state index contributed by atoms with van der Waals surface area (Å²) < 4.78 is 1.47. The second kappa shape index (κ2) is 5.98. The summed E-state index contributed by atoms with van der Waals surface area (Å²) in [7, 11) is 0. The average Bonchev–Trinajstić information content (AvgIpc) is 2.94. The van der Waals surface area contributed by atoms with Crippen LogP contribution >= 0.6 is 11.6 Å². The Morgan fingerprint density at radius 1 is 1.45 bits per heavy atom. The van der Waals surface area contributed by atoms with Gasteiger partial charge in [-0.3, -0.25) is 4.79 Å². The molecule has 1 heterocycles. The van der Waals surface area contributed by atoms with E-state index in [0.717, 1.165) is 0 Å². The summed E-state index contributed by atoms with van der Waals surface area (Å²) >= 11 is 6.07. The smallest absolute Gasteiger partial charge is 0.241 e. The normalized spacial score (nSPS) is 12.4. The third kappa shape index (κ3) is 3.12. The predicted molar refractivity (Wildman–Crippen MR) is 75.6 cm³/mol. The summed E-state index contributed by atoms with van der Waals surface area (Å²) in [5.74, 6) is -0.243. The van der Waals surface area contributed by atoms with Gasteiger partial charge in [-0.05, 0) is 34.5 Å². The number of carbonyl (C=O) groups excluding carboxylic acids is 1. The second-order valence-corrected chi connectivity index (χ2v) is 5.08. The highest BCUT2D eigenvalue weighted by Crippen LogP contribution is 2.24. The number of rotatable bonds is 4. The molecule has 0 saturated carbocycles. The molecule has 0 radical (unpaired) electrons. The Bertz CT molecular complexity index is 598. The summed E-state index contributed by atoms with van der Waals surface area (Å²) in [6.07, 6.45) is 1.45. The standard InChI is InChI=1S/C12H15ClN6O/c1-7(2)11(14)12(20)16-10-5-8(3-4-9(10)13)19-6-15-17-18-19/h3-7,11H,14H2,1-2H3,(H,16,20)/t11-/m0/s1. The van der Waals surface area contributed by atoms with Gasteiger partial charge in [0.05, 0.1) is 22.4 Å². The molecule has 1 aromatic carbocycles. The van der Waals surface area contributed by atoms with E-state index in [1.165, 1.54) is 11.0 Å². The highest BCUT2D eigenvalue weighted by Gasteiger charge is 2.18. The average molecular weight is 295 g/mol. The number of halogens is 1. The molecule has 7 nitrogen and oxygen atoms in total. The minimum atomic E-state index is -0.595.